The molecule has 0 amide bonds. The summed E-state index contributed by atoms with van der Waals surface area (Å²) in [6.07, 6.45) is 5.77. The number of aromatic nitrogens is 2. The molecule has 0 saturated carbocycles. The summed E-state index contributed by atoms with van der Waals surface area (Å²) in [5.74, 6) is -0.259. The second-order valence-electron chi connectivity index (χ2n) is 5.63. The third-order valence-electron chi connectivity index (χ3n) is 4.47. The Kier molecular flexibility index (Phi) is 5.69. The fourth-order valence-corrected chi connectivity index (χ4v) is 3.39. The number of H-pyrrole nitrogens is 2. The van der Waals surface area contributed by atoms with Gasteiger partial charge in [0, 0.05) is 6.20 Å². The number of rotatable bonds is 7. The molecule has 2 heterocycles. The molecular formula is C19H28N2O2. The number of aromatic amines is 2. The van der Waals surface area contributed by atoms with Crippen LogP contribution in [-0.4, -0.2) is 22.5 Å². The van der Waals surface area contributed by atoms with Gasteiger partial charge in [0.1, 0.15) is 5.69 Å². The Morgan fingerprint density at radius 3 is 2.09 bits per heavy atom. The third-order valence-corrected chi connectivity index (χ3v) is 4.47. The normalized spacial score (nSPS) is 11.0. The molecule has 0 saturated heterocycles. The van der Waals surface area contributed by atoms with E-state index < -0.39 is 0 Å². The second kappa shape index (κ2) is 7.53. The molecule has 0 spiro atoms. The number of carbonyl (C=O) groups is 1. The van der Waals surface area contributed by atoms with E-state index in [0.717, 1.165) is 42.6 Å². The van der Waals surface area contributed by atoms with Crippen molar-refractivity contribution >= 4 is 5.97 Å². The van der Waals surface area contributed by atoms with E-state index in [-0.39, 0.29) is 5.97 Å². The van der Waals surface area contributed by atoms with Crippen molar-refractivity contribution in [3.8, 4) is 11.4 Å². The number of hydrogen-bond acceptors (Lipinski definition) is 2. The van der Waals surface area contributed by atoms with E-state index in [0.29, 0.717) is 12.3 Å². The molecule has 4 nitrogen and oxygen atoms in total. The van der Waals surface area contributed by atoms with E-state index in [4.69, 9.17) is 4.74 Å². The summed E-state index contributed by atoms with van der Waals surface area (Å²) in [7, 11) is 0. The smallest absolute Gasteiger partial charge is 0.355 e. The van der Waals surface area contributed by atoms with Crippen molar-refractivity contribution in [2.45, 2.75) is 60.3 Å². The fourth-order valence-electron chi connectivity index (χ4n) is 3.39. The molecule has 2 aromatic heterocycles. The van der Waals surface area contributed by atoms with E-state index in [1.807, 2.05) is 6.92 Å². The van der Waals surface area contributed by atoms with Crippen LogP contribution in [0.5, 0.6) is 0 Å². The highest BCUT2D eigenvalue weighted by atomic mass is 16.5. The fraction of sp³-hybridized carbons (Fsp3) is 0.526. The molecule has 0 aliphatic heterocycles. The maximum Gasteiger partial charge on any atom is 0.355 e. The molecule has 2 aromatic rings. The Bertz CT molecular complexity index is 680. The van der Waals surface area contributed by atoms with Crippen LogP contribution < -0.4 is 0 Å². The van der Waals surface area contributed by atoms with Gasteiger partial charge < -0.3 is 14.7 Å². The van der Waals surface area contributed by atoms with Crippen molar-refractivity contribution < 1.29 is 9.53 Å². The highest BCUT2D eigenvalue weighted by molar-refractivity contribution is 5.91. The lowest BCUT2D eigenvalue weighted by Crippen LogP contribution is -2.08. The van der Waals surface area contributed by atoms with E-state index >= 15 is 0 Å². The van der Waals surface area contributed by atoms with Gasteiger partial charge in [-0.15, -0.1) is 0 Å². The summed E-state index contributed by atoms with van der Waals surface area (Å²) < 4.78 is 5.22. The van der Waals surface area contributed by atoms with Crippen LogP contribution in [0.2, 0.25) is 0 Å². The zero-order valence-electron chi connectivity index (χ0n) is 14.9. The number of ether oxygens (including phenoxy) is 1. The molecule has 0 bridgehead atoms. The van der Waals surface area contributed by atoms with E-state index in [1.165, 1.54) is 16.7 Å². The first-order chi connectivity index (χ1) is 11.1. The summed E-state index contributed by atoms with van der Waals surface area (Å²) in [5, 5.41) is 0. The van der Waals surface area contributed by atoms with Crippen LogP contribution in [0.3, 0.4) is 0 Å². The minimum absolute atomic E-state index is 0.259. The standard InChI is InChI=1S/C19H28N2O2/c1-6-12-11-20-16(13(12)7-2)17-14(8-3)15(9-4)18(21-17)19(22)23-10-5/h11,20-21H,6-10H2,1-5H3. The van der Waals surface area contributed by atoms with Crippen LogP contribution >= 0.6 is 0 Å². The summed E-state index contributed by atoms with van der Waals surface area (Å²) in [6, 6.07) is 0. The Balaban J connectivity index is 2.63. The molecule has 0 unspecified atom stereocenters. The quantitative estimate of drug-likeness (QED) is 0.742. The van der Waals surface area contributed by atoms with Gasteiger partial charge in [-0.05, 0) is 54.9 Å². The minimum atomic E-state index is -0.259. The Morgan fingerprint density at radius 2 is 1.57 bits per heavy atom. The molecule has 0 aliphatic rings. The van der Waals surface area contributed by atoms with Gasteiger partial charge in [-0.1, -0.05) is 27.7 Å². The number of hydrogen-bond donors (Lipinski definition) is 2. The molecule has 0 aliphatic carbocycles. The van der Waals surface area contributed by atoms with Gasteiger partial charge in [0.25, 0.3) is 0 Å². The highest BCUT2D eigenvalue weighted by Gasteiger charge is 2.24. The first-order valence-corrected chi connectivity index (χ1v) is 8.72. The summed E-state index contributed by atoms with van der Waals surface area (Å²) in [5.41, 5.74) is 7.74. The topological polar surface area (TPSA) is 57.9 Å². The molecule has 126 valence electrons. The third kappa shape index (κ3) is 3.07. The van der Waals surface area contributed by atoms with Crippen molar-refractivity contribution in [3.05, 3.63) is 34.1 Å². The van der Waals surface area contributed by atoms with Crippen LogP contribution in [0.4, 0.5) is 0 Å². The maximum atomic E-state index is 12.3. The van der Waals surface area contributed by atoms with E-state index in [2.05, 4.69) is 43.9 Å². The van der Waals surface area contributed by atoms with Crippen molar-refractivity contribution in [1.29, 1.82) is 0 Å². The first-order valence-electron chi connectivity index (χ1n) is 8.72. The van der Waals surface area contributed by atoms with Crippen molar-refractivity contribution in [1.82, 2.24) is 9.97 Å². The lowest BCUT2D eigenvalue weighted by molar-refractivity contribution is 0.0519. The van der Waals surface area contributed by atoms with Crippen molar-refractivity contribution in [3.63, 3.8) is 0 Å². The molecule has 4 heteroatoms. The van der Waals surface area contributed by atoms with Crippen LogP contribution in [0.25, 0.3) is 11.4 Å². The van der Waals surface area contributed by atoms with Crippen molar-refractivity contribution in [2.24, 2.45) is 0 Å². The second-order valence-corrected chi connectivity index (χ2v) is 5.63. The average molecular weight is 316 g/mol. The first kappa shape index (κ1) is 17.4. The van der Waals surface area contributed by atoms with E-state index in [9.17, 15) is 4.79 Å². The summed E-state index contributed by atoms with van der Waals surface area (Å²) >= 11 is 0. The number of nitrogens with one attached hydrogen (secondary N) is 2. The lowest BCUT2D eigenvalue weighted by atomic mass is 9.99. The molecule has 0 radical (unpaired) electrons. The molecular weight excluding hydrogens is 288 g/mol. The van der Waals surface area contributed by atoms with Crippen molar-refractivity contribution in [2.75, 3.05) is 6.61 Å². The summed E-state index contributed by atoms with van der Waals surface area (Å²) in [6.45, 7) is 10.8. The highest BCUT2D eigenvalue weighted by Crippen LogP contribution is 2.33. The predicted molar refractivity (Wildman–Crippen MR) is 94.0 cm³/mol. The van der Waals surface area contributed by atoms with Crippen LogP contribution in [0.15, 0.2) is 6.20 Å². The molecule has 23 heavy (non-hydrogen) atoms. The van der Waals surface area contributed by atoms with E-state index in [1.54, 1.807) is 0 Å². The molecule has 0 aromatic carbocycles. The van der Waals surface area contributed by atoms with Crippen LogP contribution in [-0.2, 0) is 30.4 Å². The maximum absolute atomic E-state index is 12.3. The van der Waals surface area contributed by atoms with Gasteiger partial charge in [-0.3, -0.25) is 0 Å². The monoisotopic (exact) mass is 316 g/mol. The molecule has 0 fully saturated rings. The number of aryl methyl sites for hydroxylation is 1. The molecule has 2 rings (SSSR count). The Hall–Kier alpha value is -1.97. The average Bonchev–Trinajstić information content (AvgIpc) is 3.14. The minimum Gasteiger partial charge on any atom is -0.461 e. The largest absolute Gasteiger partial charge is 0.461 e. The zero-order chi connectivity index (χ0) is 17.0. The number of carbonyl (C=O) groups excluding carboxylic acids is 1. The van der Waals surface area contributed by atoms with Gasteiger partial charge in [0.05, 0.1) is 18.0 Å². The molecule has 2 N–H and O–H groups in total. The van der Waals surface area contributed by atoms with Gasteiger partial charge in [0.15, 0.2) is 0 Å². The lowest BCUT2D eigenvalue weighted by Gasteiger charge is -2.06. The SMILES string of the molecule is CCOC(=O)c1[nH]c(-c2[nH]cc(CC)c2CC)c(CC)c1CC. The van der Waals surface area contributed by atoms with Crippen LogP contribution in [0.1, 0.15) is 67.4 Å². The molecule has 0 atom stereocenters. The van der Waals surface area contributed by atoms with Gasteiger partial charge in [0.2, 0.25) is 0 Å². The van der Waals surface area contributed by atoms with Gasteiger partial charge in [-0.25, -0.2) is 4.79 Å². The summed E-state index contributed by atoms with van der Waals surface area (Å²) in [4.78, 5) is 19.1. The zero-order valence-corrected chi connectivity index (χ0v) is 14.9. The Labute approximate surface area is 138 Å². The van der Waals surface area contributed by atoms with Crippen LogP contribution in [0, 0.1) is 0 Å². The van der Waals surface area contributed by atoms with Gasteiger partial charge in [-0.2, -0.15) is 0 Å². The predicted octanol–water partition coefficient (Wildman–Crippen LogP) is 4.44. The van der Waals surface area contributed by atoms with Gasteiger partial charge >= 0.3 is 5.97 Å². The Morgan fingerprint density at radius 1 is 0.913 bits per heavy atom. The number of esters is 1.